The molecule has 3 aromatic carbocycles. The fraction of sp³-hybridized carbons (Fsp3) is 0.208. The van der Waals surface area contributed by atoms with E-state index in [4.69, 9.17) is 0 Å². The van der Waals surface area contributed by atoms with Crippen LogP contribution in [0.2, 0.25) is 0 Å². The van der Waals surface area contributed by atoms with E-state index >= 15 is 0 Å². The van der Waals surface area contributed by atoms with Crippen LogP contribution in [0.5, 0.6) is 0 Å². The van der Waals surface area contributed by atoms with Crippen molar-refractivity contribution in [2.75, 3.05) is 11.3 Å². The normalized spacial score (nSPS) is 16.8. The number of halogens is 6. The Labute approximate surface area is 190 Å². The molecular formula is C24H18F6N2S. The van der Waals surface area contributed by atoms with Gasteiger partial charge < -0.3 is 0 Å². The molecule has 1 atom stereocenters. The molecular weight excluding hydrogens is 462 g/mol. The molecule has 33 heavy (non-hydrogen) atoms. The summed E-state index contributed by atoms with van der Waals surface area (Å²) in [5, 5.41) is 4.47. The molecule has 0 aromatic heterocycles. The van der Waals surface area contributed by atoms with E-state index in [0.29, 0.717) is 5.56 Å². The largest absolute Gasteiger partial charge is 0.459 e. The van der Waals surface area contributed by atoms with Crippen molar-refractivity contribution in [1.29, 1.82) is 0 Å². The Morgan fingerprint density at radius 3 is 2.21 bits per heavy atom. The van der Waals surface area contributed by atoms with E-state index in [1.54, 1.807) is 36.0 Å². The van der Waals surface area contributed by atoms with Gasteiger partial charge in [0.15, 0.2) is 0 Å². The van der Waals surface area contributed by atoms with Crippen LogP contribution < -0.4 is 5.01 Å². The van der Waals surface area contributed by atoms with Gasteiger partial charge in [-0.1, -0.05) is 48.5 Å². The molecule has 2 nitrogen and oxygen atoms in total. The van der Waals surface area contributed by atoms with Crippen molar-refractivity contribution < 1.29 is 26.3 Å². The number of hydrogen-bond donors (Lipinski definition) is 0. The monoisotopic (exact) mass is 480 g/mol. The third kappa shape index (κ3) is 4.46. The van der Waals surface area contributed by atoms with E-state index in [-0.39, 0.29) is 5.69 Å². The highest BCUT2D eigenvalue weighted by Gasteiger charge is 2.62. The van der Waals surface area contributed by atoms with Gasteiger partial charge in [0.25, 0.3) is 0 Å². The molecule has 0 saturated carbocycles. The van der Waals surface area contributed by atoms with E-state index < -0.39 is 36.1 Å². The predicted molar refractivity (Wildman–Crippen MR) is 118 cm³/mol. The van der Waals surface area contributed by atoms with Crippen LogP contribution in [-0.2, 0) is 0 Å². The van der Waals surface area contributed by atoms with E-state index in [0.717, 1.165) is 27.1 Å². The van der Waals surface area contributed by atoms with Gasteiger partial charge in [0.2, 0.25) is 0 Å². The third-order valence-corrected chi connectivity index (χ3v) is 6.15. The lowest BCUT2D eigenvalue weighted by atomic mass is 9.96. The standard InChI is InChI=1S/C24H18F6N2S/c1-33-18-6-4-5-17(13-18)15-9-11-16(12-10-15)21-14-22(23(26,27)24(28,29)30)31-32(21)20-8-3-2-7-19(20)25/h2-13,21H,14H2,1H3. The molecule has 0 N–H and O–H groups in total. The quantitative estimate of drug-likeness (QED) is 0.274. The Bertz CT molecular complexity index is 1170. The highest BCUT2D eigenvalue weighted by Crippen LogP contribution is 2.45. The number of thioether (sulfide) groups is 1. The number of nitrogens with zero attached hydrogens (tertiary/aromatic N) is 2. The summed E-state index contributed by atoms with van der Waals surface area (Å²) in [7, 11) is 0. The average Bonchev–Trinajstić information content (AvgIpc) is 3.25. The summed E-state index contributed by atoms with van der Waals surface area (Å²) in [6.45, 7) is 0. The lowest BCUT2D eigenvalue weighted by Gasteiger charge is -2.24. The molecule has 0 bridgehead atoms. The summed E-state index contributed by atoms with van der Waals surface area (Å²) in [6, 6.07) is 18.8. The number of alkyl halides is 5. The second-order valence-electron chi connectivity index (χ2n) is 7.49. The first kappa shape index (κ1) is 23.2. The molecule has 0 saturated heterocycles. The Morgan fingerprint density at radius 1 is 0.879 bits per heavy atom. The van der Waals surface area contributed by atoms with Crippen LogP contribution in [0, 0.1) is 5.82 Å². The zero-order valence-corrected chi connectivity index (χ0v) is 18.1. The molecule has 0 amide bonds. The zero-order chi connectivity index (χ0) is 23.8. The van der Waals surface area contributed by atoms with Gasteiger partial charge in [-0.3, -0.25) is 5.01 Å². The van der Waals surface area contributed by atoms with Gasteiger partial charge >= 0.3 is 12.1 Å². The molecule has 0 aliphatic carbocycles. The highest BCUT2D eigenvalue weighted by molar-refractivity contribution is 7.98. The molecule has 1 heterocycles. The lowest BCUT2D eigenvalue weighted by molar-refractivity contribution is -0.249. The molecule has 9 heteroatoms. The van der Waals surface area contributed by atoms with Crippen molar-refractivity contribution in [3.05, 3.63) is 84.2 Å². The van der Waals surface area contributed by atoms with Crippen molar-refractivity contribution in [1.82, 2.24) is 0 Å². The van der Waals surface area contributed by atoms with Crippen LogP contribution >= 0.6 is 11.8 Å². The average molecular weight is 480 g/mol. The molecule has 1 aliphatic heterocycles. The molecule has 0 radical (unpaired) electrons. The second-order valence-corrected chi connectivity index (χ2v) is 8.37. The van der Waals surface area contributed by atoms with Gasteiger partial charge in [-0.15, -0.1) is 11.8 Å². The van der Waals surface area contributed by atoms with Gasteiger partial charge in [0, 0.05) is 11.3 Å². The van der Waals surface area contributed by atoms with Crippen LogP contribution in [-0.4, -0.2) is 24.1 Å². The number of para-hydroxylation sites is 1. The summed E-state index contributed by atoms with van der Waals surface area (Å²) in [5.41, 5.74) is 0.713. The first-order chi connectivity index (χ1) is 15.6. The summed E-state index contributed by atoms with van der Waals surface area (Å²) < 4.78 is 81.6. The predicted octanol–water partition coefficient (Wildman–Crippen LogP) is 7.72. The van der Waals surface area contributed by atoms with Crippen molar-refractivity contribution in [2.24, 2.45) is 5.10 Å². The Hall–Kier alpha value is -2.94. The lowest BCUT2D eigenvalue weighted by Crippen LogP contribution is -2.43. The Balaban J connectivity index is 1.71. The fourth-order valence-electron chi connectivity index (χ4n) is 3.68. The van der Waals surface area contributed by atoms with Crippen LogP contribution in [0.25, 0.3) is 11.1 Å². The van der Waals surface area contributed by atoms with Crippen molar-refractivity contribution >= 4 is 23.2 Å². The van der Waals surface area contributed by atoms with Crippen LogP contribution in [0.4, 0.5) is 32.0 Å². The fourth-order valence-corrected chi connectivity index (χ4v) is 4.14. The number of benzene rings is 3. The summed E-state index contributed by atoms with van der Waals surface area (Å²) in [6.07, 6.45) is -4.54. The third-order valence-electron chi connectivity index (χ3n) is 5.43. The van der Waals surface area contributed by atoms with Gasteiger partial charge in [-0.05, 0) is 47.2 Å². The maximum absolute atomic E-state index is 14.4. The van der Waals surface area contributed by atoms with E-state index in [1.165, 1.54) is 18.2 Å². The van der Waals surface area contributed by atoms with E-state index in [1.807, 2.05) is 30.5 Å². The van der Waals surface area contributed by atoms with Gasteiger partial charge in [0.05, 0.1) is 11.7 Å². The Morgan fingerprint density at radius 2 is 1.58 bits per heavy atom. The van der Waals surface area contributed by atoms with Crippen molar-refractivity contribution in [3.63, 3.8) is 0 Å². The molecule has 4 rings (SSSR count). The first-order valence-corrected chi connectivity index (χ1v) is 11.1. The molecule has 3 aromatic rings. The minimum absolute atomic E-state index is 0.174. The van der Waals surface area contributed by atoms with Gasteiger partial charge in [0.1, 0.15) is 11.5 Å². The highest BCUT2D eigenvalue weighted by atomic mass is 32.2. The Kier molecular flexibility index (Phi) is 6.18. The van der Waals surface area contributed by atoms with E-state index in [9.17, 15) is 26.3 Å². The second kappa shape index (κ2) is 8.78. The maximum Gasteiger partial charge on any atom is 0.459 e. The minimum atomic E-state index is -5.80. The first-order valence-electron chi connectivity index (χ1n) is 9.92. The molecule has 0 fully saturated rings. The zero-order valence-electron chi connectivity index (χ0n) is 17.3. The summed E-state index contributed by atoms with van der Waals surface area (Å²) in [4.78, 5) is 1.06. The van der Waals surface area contributed by atoms with Crippen molar-refractivity contribution in [2.45, 2.75) is 29.5 Å². The van der Waals surface area contributed by atoms with E-state index in [2.05, 4.69) is 5.10 Å². The molecule has 172 valence electrons. The van der Waals surface area contributed by atoms with Crippen LogP contribution in [0.1, 0.15) is 18.0 Å². The molecule has 1 unspecified atom stereocenters. The summed E-state index contributed by atoms with van der Waals surface area (Å²) in [5.74, 6) is -5.89. The summed E-state index contributed by atoms with van der Waals surface area (Å²) >= 11 is 1.58. The molecule has 1 aliphatic rings. The van der Waals surface area contributed by atoms with Crippen LogP contribution in [0.15, 0.2) is 82.8 Å². The van der Waals surface area contributed by atoms with Gasteiger partial charge in [-0.2, -0.15) is 27.1 Å². The van der Waals surface area contributed by atoms with Crippen molar-refractivity contribution in [3.8, 4) is 11.1 Å². The minimum Gasteiger partial charge on any atom is -0.255 e. The SMILES string of the molecule is CSc1cccc(-c2ccc(C3CC(C(F)(F)C(F)(F)F)=NN3c3ccccc3F)cc2)c1. The van der Waals surface area contributed by atoms with Crippen LogP contribution in [0.3, 0.4) is 0 Å². The smallest absolute Gasteiger partial charge is 0.255 e. The molecule has 0 spiro atoms. The number of anilines is 1. The number of rotatable bonds is 5. The van der Waals surface area contributed by atoms with Gasteiger partial charge in [-0.25, -0.2) is 4.39 Å². The number of hydrogen-bond acceptors (Lipinski definition) is 3. The number of hydrazone groups is 1. The topological polar surface area (TPSA) is 15.6 Å². The maximum atomic E-state index is 14.4.